The number of nitrogens with two attached hydrogens (primary N) is 1. The number of hydrogen-bond donors (Lipinski definition) is 1. The third kappa shape index (κ3) is 2.59. The fourth-order valence-electron chi connectivity index (χ4n) is 2.55. The minimum Gasteiger partial charge on any atom is -0.495 e. The molecule has 1 aromatic heterocycles. The maximum absolute atomic E-state index is 5.94. The zero-order valence-corrected chi connectivity index (χ0v) is 11.9. The van der Waals surface area contributed by atoms with Gasteiger partial charge in [0.25, 0.3) is 0 Å². The molecule has 2 N–H and O–H groups in total. The van der Waals surface area contributed by atoms with Crippen LogP contribution in [0.5, 0.6) is 5.75 Å². The predicted octanol–water partition coefficient (Wildman–Crippen LogP) is 3.20. The Kier molecular flexibility index (Phi) is 3.42. The van der Waals surface area contributed by atoms with Gasteiger partial charge < -0.3 is 10.5 Å². The summed E-state index contributed by atoms with van der Waals surface area (Å²) < 4.78 is 5.18. The molecule has 0 bridgehead atoms. The van der Waals surface area contributed by atoms with Crippen LogP contribution in [0.1, 0.15) is 34.0 Å². The van der Waals surface area contributed by atoms with Gasteiger partial charge in [-0.25, -0.2) is 4.98 Å². The van der Waals surface area contributed by atoms with Crippen LogP contribution >= 0.6 is 11.3 Å². The van der Waals surface area contributed by atoms with Crippen LogP contribution in [0.3, 0.4) is 0 Å². The van der Waals surface area contributed by atoms with Gasteiger partial charge in [0.05, 0.1) is 23.5 Å². The first-order chi connectivity index (χ1) is 9.26. The van der Waals surface area contributed by atoms with Gasteiger partial charge in [0.15, 0.2) is 0 Å². The van der Waals surface area contributed by atoms with E-state index in [1.165, 1.54) is 40.4 Å². The highest BCUT2D eigenvalue weighted by atomic mass is 32.1. The van der Waals surface area contributed by atoms with Crippen LogP contribution in [-0.2, 0) is 19.3 Å². The molecular formula is C15H18N2OS. The Hall–Kier alpha value is -1.55. The van der Waals surface area contributed by atoms with Gasteiger partial charge in [0, 0.05) is 11.3 Å². The zero-order valence-electron chi connectivity index (χ0n) is 11.1. The molecule has 0 atom stereocenters. The van der Waals surface area contributed by atoms with E-state index in [4.69, 9.17) is 15.5 Å². The molecule has 1 aromatic carbocycles. The molecule has 3 nitrogen and oxygen atoms in total. The van der Waals surface area contributed by atoms with E-state index < -0.39 is 0 Å². The van der Waals surface area contributed by atoms with E-state index in [-0.39, 0.29) is 0 Å². The van der Waals surface area contributed by atoms with E-state index in [2.05, 4.69) is 6.07 Å². The average Bonchev–Trinajstić information content (AvgIpc) is 2.81. The third-order valence-corrected chi connectivity index (χ3v) is 4.70. The Bertz CT molecular complexity index is 568. The number of thiazole rings is 1. The minimum absolute atomic E-state index is 0.696. The molecule has 19 heavy (non-hydrogen) atoms. The molecule has 0 amide bonds. The van der Waals surface area contributed by atoms with E-state index >= 15 is 0 Å². The van der Waals surface area contributed by atoms with Gasteiger partial charge in [-0.2, -0.15) is 0 Å². The van der Waals surface area contributed by atoms with Crippen LogP contribution in [-0.4, -0.2) is 12.1 Å². The first-order valence-electron chi connectivity index (χ1n) is 6.66. The van der Waals surface area contributed by atoms with E-state index in [0.717, 1.165) is 18.6 Å². The number of nitrogen functional groups attached to an aromatic ring is 1. The Balaban J connectivity index is 1.81. The van der Waals surface area contributed by atoms with Crippen molar-refractivity contribution in [2.45, 2.75) is 32.1 Å². The number of rotatable bonds is 3. The Morgan fingerprint density at radius 3 is 2.89 bits per heavy atom. The summed E-state index contributed by atoms with van der Waals surface area (Å²) in [6.07, 6.45) is 5.82. The quantitative estimate of drug-likeness (QED) is 0.874. The number of aryl methyl sites for hydroxylation is 2. The standard InChI is InChI=1S/C15H18N2OS/c1-18-13-7-6-10(8-11(13)16)9-15-17-12-4-2-3-5-14(12)19-15/h6-8H,2-5,9,16H2,1H3. The number of fused-ring (bicyclic) bond motifs is 1. The molecule has 0 unspecified atom stereocenters. The summed E-state index contributed by atoms with van der Waals surface area (Å²) in [6.45, 7) is 0. The molecule has 0 spiro atoms. The van der Waals surface area contributed by atoms with Gasteiger partial charge >= 0.3 is 0 Å². The van der Waals surface area contributed by atoms with Crippen LogP contribution < -0.4 is 10.5 Å². The lowest BCUT2D eigenvalue weighted by Crippen LogP contribution is -1.99. The van der Waals surface area contributed by atoms with Crippen molar-refractivity contribution >= 4 is 17.0 Å². The summed E-state index contributed by atoms with van der Waals surface area (Å²) in [6, 6.07) is 5.98. The second-order valence-corrected chi connectivity index (χ2v) is 6.11. The van der Waals surface area contributed by atoms with Crippen LogP contribution in [0.2, 0.25) is 0 Å². The number of aromatic nitrogens is 1. The first kappa shape index (κ1) is 12.5. The van der Waals surface area contributed by atoms with E-state index in [1.807, 2.05) is 23.5 Å². The highest BCUT2D eigenvalue weighted by molar-refractivity contribution is 7.11. The van der Waals surface area contributed by atoms with Gasteiger partial charge in [0.1, 0.15) is 5.75 Å². The molecule has 100 valence electrons. The number of ether oxygens (including phenoxy) is 1. The smallest absolute Gasteiger partial charge is 0.141 e. The van der Waals surface area contributed by atoms with Crippen molar-refractivity contribution < 1.29 is 4.74 Å². The average molecular weight is 274 g/mol. The highest BCUT2D eigenvalue weighted by Crippen LogP contribution is 2.29. The molecule has 0 fully saturated rings. The van der Waals surface area contributed by atoms with Crippen molar-refractivity contribution in [2.24, 2.45) is 0 Å². The van der Waals surface area contributed by atoms with Crippen molar-refractivity contribution in [3.8, 4) is 5.75 Å². The summed E-state index contributed by atoms with van der Waals surface area (Å²) in [4.78, 5) is 6.25. The maximum Gasteiger partial charge on any atom is 0.141 e. The predicted molar refractivity (Wildman–Crippen MR) is 79.0 cm³/mol. The van der Waals surface area contributed by atoms with Crippen molar-refractivity contribution in [3.05, 3.63) is 39.3 Å². The van der Waals surface area contributed by atoms with Crippen molar-refractivity contribution in [1.29, 1.82) is 0 Å². The summed E-state index contributed by atoms with van der Waals surface area (Å²) in [7, 11) is 1.64. The Morgan fingerprint density at radius 1 is 1.32 bits per heavy atom. The fourth-order valence-corrected chi connectivity index (χ4v) is 3.74. The normalized spacial score (nSPS) is 14.2. The van der Waals surface area contributed by atoms with Gasteiger partial charge in [-0.3, -0.25) is 0 Å². The molecule has 2 aromatic rings. The molecular weight excluding hydrogens is 256 g/mol. The van der Waals surface area contributed by atoms with Crippen molar-refractivity contribution in [3.63, 3.8) is 0 Å². The molecule has 0 aliphatic heterocycles. The number of benzene rings is 1. The second kappa shape index (κ2) is 5.21. The minimum atomic E-state index is 0.696. The van der Waals surface area contributed by atoms with Crippen molar-refractivity contribution in [2.75, 3.05) is 12.8 Å². The molecule has 0 saturated carbocycles. The third-order valence-electron chi connectivity index (χ3n) is 3.54. The molecule has 3 rings (SSSR count). The summed E-state index contributed by atoms with van der Waals surface area (Å²) in [5.41, 5.74) is 9.16. The van der Waals surface area contributed by atoms with Gasteiger partial charge in [-0.05, 0) is 43.4 Å². The molecule has 1 aliphatic carbocycles. The molecule has 0 radical (unpaired) electrons. The van der Waals surface area contributed by atoms with Gasteiger partial charge in [-0.1, -0.05) is 6.07 Å². The summed E-state index contributed by atoms with van der Waals surface area (Å²) in [5, 5.41) is 1.21. The largest absolute Gasteiger partial charge is 0.495 e. The topological polar surface area (TPSA) is 48.1 Å². The lowest BCUT2D eigenvalue weighted by atomic mass is 10.0. The fraction of sp³-hybridized carbons (Fsp3) is 0.400. The summed E-state index contributed by atoms with van der Waals surface area (Å²) in [5.74, 6) is 0.738. The van der Waals surface area contributed by atoms with Crippen LogP contribution in [0, 0.1) is 0 Å². The molecule has 4 heteroatoms. The maximum atomic E-state index is 5.94. The Morgan fingerprint density at radius 2 is 2.16 bits per heavy atom. The summed E-state index contributed by atoms with van der Waals surface area (Å²) >= 11 is 1.86. The van der Waals surface area contributed by atoms with Crippen LogP contribution in [0.15, 0.2) is 18.2 Å². The van der Waals surface area contributed by atoms with E-state index in [1.54, 1.807) is 7.11 Å². The second-order valence-electron chi connectivity index (χ2n) is 4.94. The molecule has 1 aliphatic rings. The van der Waals surface area contributed by atoms with Crippen LogP contribution in [0.25, 0.3) is 0 Å². The number of nitrogens with zero attached hydrogens (tertiary/aromatic N) is 1. The monoisotopic (exact) mass is 274 g/mol. The van der Waals surface area contributed by atoms with Crippen LogP contribution in [0.4, 0.5) is 5.69 Å². The lowest BCUT2D eigenvalue weighted by molar-refractivity contribution is 0.417. The lowest BCUT2D eigenvalue weighted by Gasteiger charge is -2.06. The first-order valence-corrected chi connectivity index (χ1v) is 7.48. The zero-order chi connectivity index (χ0) is 13.2. The SMILES string of the molecule is COc1ccc(Cc2nc3c(s2)CCCC3)cc1N. The number of hydrogen-bond acceptors (Lipinski definition) is 4. The van der Waals surface area contributed by atoms with Gasteiger partial charge in [0.2, 0.25) is 0 Å². The van der Waals surface area contributed by atoms with Crippen molar-refractivity contribution in [1.82, 2.24) is 4.98 Å². The number of methoxy groups -OCH3 is 1. The highest BCUT2D eigenvalue weighted by Gasteiger charge is 2.15. The number of anilines is 1. The molecule has 0 saturated heterocycles. The van der Waals surface area contributed by atoms with E-state index in [9.17, 15) is 0 Å². The Labute approximate surface area is 117 Å². The molecule has 1 heterocycles. The van der Waals surface area contributed by atoms with Gasteiger partial charge in [-0.15, -0.1) is 11.3 Å². The van der Waals surface area contributed by atoms with E-state index in [0.29, 0.717) is 5.69 Å².